The molecule has 1 saturated heterocycles. The van der Waals surface area contributed by atoms with Crippen LogP contribution in [0.5, 0.6) is 11.5 Å². The Hall–Kier alpha value is -2.78. The maximum atomic E-state index is 13.7. The zero-order valence-corrected chi connectivity index (χ0v) is 22.1. The summed E-state index contributed by atoms with van der Waals surface area (Å²) in [5.41, 5.74) is -0.217. The Labute approximate surface area is 217 Å². The third kappa shape index (κ3) is 4.46. The standard InChI is InChI=1S/C28H37NO8/c1-17(2)6-9-28(32,15-23(30)34-4)26(31)37-25-22(33-3)14-27-8-5-10-29(27)11-7-18-12-20-21(36-16-35-20)13-19(18)24(25)27/h12-14,17,24-25,32H,5-11,15-16H2,1-4H3/t24-,25-,27-,28-/m1/s1. The summed E-state index contributed by atoms with van der Waals surface area (Å²) in [5.74, 6) is 0.431. The number of ether oxygens (including phenoxy) is 5. The van der Waals surface area contributed by atoms with Crippen LogP contribution in [0.2, 0.25) is 0 Å². The molecule has 0 radical (unpaired) electrons. The Morgan fingerprint density at radius 3 is 2.68 bits per heavy atom. The van der Waals surface area contributed by atoms with Crippen molar-refractivity contribution in [3.05, 3.63) is 35.1 Å². The second kappa shape index (κ2) is 9.83. The zero-order valence-electron chi connectivity index (χ0n) is 22.1. The smallest absolute Gasteiger partial charge is 0.339 e. The highest BCUT2D eigenvalue weighted by Gasteiger charge is 2.59. The quantitative estimate of drug-likeness (QED) is 0.523. The van der Waals surface area contributed by atoms with E-state index in [1.807, 2.05) is 26.0 Å². The van der Waals surface area contributed by atoms with Gasteiger partial charge >= 0.3 is 11.9 Å². The Kier molecular flexibility index (Phi) is 6.87. The molecule has 9 nitrogen and oxygen atoms in total. The number of methoxy groups -OCH3 is 2. The van der Waals surface area contributed by atoms with E-state index in [4.69, 9.17) is 23.7 Å². The van der Waals surface area contributed by atoms with Crippen LogP contribution in [-0.4, -0.2) is 73.3 Å². The van der Waals surface area contributed by atoms with Crippen LogP contribution in [0.25, 0.3) is 0 Å². The maximum absolute atomic E-state index is 13.7. The molecule has 1 aromatic carbocycles. The number of hydrogen-bond donors (Lipinski definition) is 1. The molecule has 0 amide bonds. The van der Waals surface area contributed by atoms with Gasteiger partial charge in [-0.25, -0.2) is 4.79 Å². The molecular formula is C28H37NO8. The molecule has 0 saturated carbocycles. The van der Waals surface area contributed by atoms with Crippen LogP contribution in [0.3, 0.4) is 0 Å². The topological polar surface area (TPSA) is 104 Å². The molecule has 1 spiro atoms. The molecular weight excluding hydrogens is 478 g/mol. The van der Waals surface area contributed by atoms with Crippen LogP contribution in [0.1, 0.15) is 63.0 Å². The van der Waals surface area contributed by atoms with Gasteiger partial charge in [-0.15, -0.1) is 0 Å². The second-order valence-electron chi connectivity index (χ2n) is 11.0. The number of rotatable bonds is 8. The molecule has 3 aliphatic heterocycles. The molecule has 0 unspecified atom stereocenters. The summed E-state index contributed by atoms with van der Waals surface area (Å²) in [7, 11) is 2.82. The van der Waals surface area contributed by atoms with E-state index < -0.39 is 30.1 Å². The zero-order chi connectivity index (χ0) is 26.4. The maximum Gasteiger partial charge on any atom is 0.339 e. The highest BCUT2D eigenvalue weighted by Crippen LogP contribution is 2.55. The number of carbonyl (C=O) groups excluding carboxylic acids is 2. The first-order chi connectivity index (χ1) is 17.7. The monoisotopic (exact) mass is 515 g/mol. The van der Waals surface area contributed by atoms with Gasteiger partial charge in [0, 0.05) is 6.54 Å². The van der Waals surface area contributed by atoms with E-state index in [0.717, 1.165) is 49.2 Å². The second-order valence-corrected chi connectivity index (χ2v) is 11.0. The van der Waals surface area contributed by atoms with Crippen LogP contribution in [-0.2, 0) is 30.2 Å². The number of carbonyl (C=O) groups is 2. The van der Waals surface area contributed by atoms with Crippen molar-refractivity contribution in [3.63, 3.8) is 0 Å². The van der Waals surface area contributed by atoms with Crippen LogP contribution in [0.4, 0.5) is 0 Å². The fraction of sp³-hybridized carbons (Fsp3) is 0.643. The van der Waals surface area contributed by atoms with E-state index in [9.17, 15) is 14.7 Å². The SMILES string of the molecule is COC(=O)C[C@](O)(CCC(C)C)C(=O)O[C@@H]1C(OC)=C[C@@]23CCCN2CCc2cc4c(cc2[C@H]13)OCO4. The van der Waals surface area contributed by atoms with Crippen molar-refractivity contribution >= 4 is 11.9 Å². The summed E-state index contributed by atoms with van der Waals surface area (Å²) < 4.78 is 28.1. The minimum Gasteiger partial charge on any atom is -0.497 e. The Bertz CT molecular complexity index is 1100. The van der Waals surface area contributed by atoms with E-state index in [-0.39, 0.29) is 30.6 Å². The van der Waals surface area contributed by atoms with Gasteiger partial charge in [0.25, 0.3) is 0 Å². The number of fused-ring (bicyclic) bond motifs is 3. The minimum absolute atomic E-state index is 0.0918. The van der Waals surface area contributed by atoms with Gasteiger partial charge in [0.05, 0.1) is 32.1 Å². The van der Waals surface area contributed by atoms with Crippen molar-refractivity contribution in [3.8, 4) is 11.5 Å². The van der Waals surface area contributed by atoms with E-state index in [1.54, 1.807) is 7.11 Å². The van der Waals surface area contributed by atoms with Gasteiger partial charge in [-0.05, 0) is 73.9 Å². The molecule has 1 N–H and O–H groups in total. The fourth-order valence-electron chi connectivity index (χ4n) is 6.42. The van der Waals surface area contributed by atoms with Gasteiger partial charge < -0.3 is 28.8 Å². The number of aliphatic hydroxyl groups is 1. The molecule has 1 aliphatic carbocycles. The van der Waals surface area contributed by atoms with Crippen molar-refractivity contribution in [1.82, 2.24) is 4.90 Å². The molecule has 4 aliphatic rings. The predicted molar refractivity (Wildman–Crippen MR) is 133 cm³/mol. The predicted octanol–water partition coefficient (Wildman–Crippen LogP) is 3.08. The van der Waals surface area contributed by atoms with Gasteiger partial charge in [-0.1, -0.05) is 13.8 Å². The van der Waals surface area contributed by atoms with E-state index >= 15 is 0 Å². The first-order valence-electron chi connectivity index (χ1n) is 13.2. The first-order valence-corrected chi connectivity index (χ1v) is 13.2. The number of esters is 2. The van der Waals surface area contributed by atoms with Gasteiger partial charge in [0.1, 0.15) is 5.76 Å². The molecule has 5 rings (SSSR count). The van der Waals surface area contributed by atoms with Crippen molar-refractivity contribution in [2.75, 3.05) is 34.1 Å². The molecule has 3 heterocycles. The van der Waals surface area contributed by atoms with E-state index in [1.165, 1.54) is 7.11 Å². The average molecular weight is 516 g/mol. The lowest BCUT2D eigenvalue weighted by Crippen LogP contribution is -2.49. The van der Waals surface area contributed by atoms with Crippen molar-refractivity contribution < 1.29 is 38.4 Å². The summed E-state index contributed by atoms with van der Waals surface area (Å²) in [6.45, 7) is 5.97. The minimum atomic E-state index is -2.00. The summed E-state index contributed by atoms with van der Waals surface area (Å²) in [6, 6.07) is 4.05. The molecule has 37 heavy (non-hydrogen) atoms. The molecule has 1 fully saturated rings. The Morgan fingerprint density at radius 1 is 1.22 bits per heavy atom. The van der Waals surface area contributed by atoms with Crippen LogP contribution in [0.15, 0.2) is 24.0 Å². The Balaban J connectivity index is 1.54. The lowest BCUT2D eigenvalue weighted by atomic mass is 9.77. The molecule has 9 heteroatoms. The van der Waals surface area contributed by atoms with Crippen LogP contribution >= 0.6 is 0 Å². The lowest BCUT2D eigenvalue weighted by molar-refractivity contribution is -0.178. The van der Waals surface area contributed by atoms with Crippen LogP contribution in [0, 0.1) is 5.92 Å². The van der Waals surface area contributed by atoms with Gasteiger partial charge in [-0.2, -0.15) is 0 Å². The first kappa shape index (κ1) is 25.9. The molecule has 0 bridgehead atoms. The molecule has 1 aromatic rings. The summed E-state index contributed by atoms with van der Waals surface area (Å²) in [6.07, 6.45) is 4.26. The normalized spacial score (nSPS) is 27.5. The fourth-order valence-corrected chi connectivity index (χ4v) is 6.42. The van der Waals surface area contributed by atoms with Gasteiger partial charge in [0.2, 0.25) is 6.79 Å². The lowest BCUT2D eigenvalue weighted by Gasteiger charge is -2.39. The number of nitrogens with zero attached hydrogens (tertiary/aromatic N) is 1. The molecule has 0 aromatic heterocycles. The Morgan fingerprint density at radius 2 is 1.97 bits per heavy atom. The van der Waals surface area contributed by atoms with Crippen LogP contribution < -0.4 is 9.47 Å². The number of hydrogen-bond acceptors (Lipinski definition) is 9. The average Bonchev–Trinajstić information content (AvgIpc) is 3.56. The summed E-state index contributed by atoms with van der Waals surface area (Å²) >= 11 is 0. The van der Waals surface area contributed by atoms with Gasteiger partial charge in [-0.3, -0.25) is 9.69 Å². The largest absolute Gasteiger partial charge is 0.497 e. The van der Waals surface area contributed by atoms with E-state index in [0.29, 0.717) is 17.9 Å². The molecule has 202 valence electrons. The third-order valence-electron chi connectivity index (χ3n) is 8.38. The van der Waals surface area contributed by atoms with Crippen molar-refractivity contribution in [2.45, 2.75) is 75.5 Å². The highest BCUT2D eigenvalue weighted by atomic mass is 16.7. The third-order valence-corrected chi connectivity index (χ3v) is 8.38. The number of benzene rings is 1. The highest BCUT2D eigenvalue weighted by molar-refractivity contribution is 5.86. The summed E-state index contributed by atoms with van der Waals surface area (Å²) in [4.78, 5) is 28.3. The van der Waals surface area contributed by atoms with Gasteiger partial charge in [0.15, 0.2) is 23.2 Å². The van der Waals surface area contributed by atoms with Crippen molar-refractivity contribution in [1.29, 1.82) is 0 Å². The van der Waals surface area contributed by atoms with E-state index in [2.05, 4.69) is 11.0 Å². The van der Waals surface area contributed by atoms with Crippen molar-refractivity contribution in [2.24, 2.45) is 5.92 Å². The molecule has 4 atom stereocenters. The summed E-state index contributed by atoms with van der Waals surface area (Å²) in [5, 5.41) is 11.4.